The summed E-state index contributed by atoms with van der Waals surface area (Å²) in [4.78, 5) is 13.4. The van der Waals surface area contributed by atoms with Crippen LogP contribution in [0.1, 0.15) is 5.56 Å². The van der Waals surface area contributed by atoms with Gasteiger partial charge in [0, 0.05) is 18.0 Å². The normalized spacial score (nSPS) is 12.0. The number of aliphatic imine (C=N–C) groups is 1. The van der Waals surface area contributed by atoms with Gasteiger partial charge in [0.05, 0.1) is 22.9 Å². The van der Waals surface area contributed by atoms with E-state index in [4.69, 9.17) is 5.73 Å². The highest BCUT2D eigenvalue weighted by molar-refractivity contribution is 6.06. The molecule has 5 aromatic rings. The first-order valence-corrected chi connectivity index (χ1v) is 9.39. The molecule has 0 aliphatic carbocycles. The Hall–Kier alpha value is -3.99. The zero-order chi connectivity index (χ0) is 19.8. The predicted molar refractivity (Wildman–Crippen MR) is 118 cm³/mol. The van der Waals surface area contributed by atoms with Crippen LogP contribution in [0.2, 0.25) is 0 Å². The number of nitrogens with two attached hydrogens (primary N) is 1. The molecule has 3 aromatic carbocycles. The van der Waals surface area contributed by atoms with Gasteiger partial charge < -0.3 is 5.73 Å². The Labute approximate surface area is 168 Å². The van der Waals surface area contributed by atoms with Gasteiger partial charge in [-0.3, -0.25) is 14.5 Å². The number of rotatable bonds is 3. The molecular formula is C24H19N5. The van der Waals surface area contributed by atoms with E-state index in [-0.39, 0.29) is 0 Å². The minimum absolute atomic E-state index is 0.491. The summed E-state index contributed by atoms with van der Waals surface area (Å²) in [5, 5.41) is 1.04. The molecule has 0 saturated carbocycles. The molecule has 2 heterocycles. The van der Waals surface area contributed by atoms with Gasteiger partial charge in [0.15, 0.2) is 0 Å². The summed E-state index contributed by atoms with van der Waals surface area (Å²) in [5.74, 6) is 0.491. The number of imidazole rings is 1. The fourth-order valence-corrected chi connectivity index (χ4v) is 3.71. The summed E-state index contributed by atoms with van der Waals surface area (Å²) >= 11 is 0. The number of pyridine rings is 1. The van der Waals surface area contributed by atoms with Crippen molar-refractivity contribution >= 4 is 27.8 Å². The van der Waals surface area contributed by atoms with Crippen molar-refractivity contribution in [3.63, 3.8) is 0 Å². The molecule has 5 rings (SSSR count). The molecule has 0 unspecified atom stereocenters. The molecule has 0 amide bonds. The number of fused-ring (bicyclic) bond motifs is 3. The number of nitrogens with zero attached hydrogens (tertiary/aromatic N) is 4. The highest BCUT2D eigenvalue weighted by atomic mass is 15.1. The second kappa shape index (κ2) is 6.87. The second-order valence-electron chi connectivity index (χ2n) is 6.83. The zero-order valence-corrected chi connectivity index (χ0v) is 15.9. The first-order chi connectivity index (χ1) is 14.3. The largest absolute Gasteiger partial charge is 0.383 e. The maximum absolute atomic E-state index is 6.16. The molecule has 0 aliphatic rings. The molecule has 0 fully saturated rings. The van der Waals surface area contributed by atoms with Crippen LogP contribution in [0.3, 0.4) is 0 Å². The lowest BCUT2D eigenvalue weighted by Gasteiger charge is -2.12. The molecule has 29 heavy (non-hydrogen) atoms. The van der Waals surface area contributed by atoms with Crippen LogP contribution in [0.25, 0.3) is 38.8 Å². The highest BCUT2D eigenvalue weighted by Gasteiger charge is 2.14. The minimum atomic E-state index is 0.491. The molecule has 0 atom stereocenters. The quantitative estimate of drug-likeness (QED) is 0.370. The molecule has 5 heteroatoms. The van der Waals surface area contributed by atoms with Gasteiger partial charge in [0.2, 0.25) is 0 Å². The van der Waals surface area contributed by atoms with Gasteiger partial charge in [-0.1, -0.05) is 48.5 Å². The van der Waals surface area contributed by atoms with E-state index in [1.165, 1.54) is 5.56 Å². The van der Waals surface area contributed by atoms with Gasteiger partial charge in [-0.25, -0.2) is 4.98 Å². The number of aromatic nitrogens is 3. The van der Waals surface area contributed by atoms with E-state index in [0.29, 0.717) is 5.84 Å². The first kappa shape index (κ1) is 17.1. The number of benzene rings is 3. The molecule has 0 bridgehead atoms. The lowest BCUT2D eigenvalue weighted by atomic mass is 10.0. The van der Waals surface area contributed by atoms with Crippen molar-refractivity contribution in [2.45, 2.75) is 0 Å². The Morgan fingerprint density at radius 2 is 1.66 bits per heavy atom. The molecule has 5 nitrogen and oxygen atoms in total. The van der Waals surface area contributed by atoms with Crippen molar-refractivity contribution in [2.24, 2.45) is 10.7 Å². The SMILES string of the molecule is CN=C(N)c1ccccc1-n1cnc2cnc3ccc(-c4ccccc4)cc3c21. The Balaban J connectivity index is 1.82. The van der Waals surface area contributed by atoms with Crippen LogP contribution in [0.15, 0.2) is 90.3 Å². The van der Waals surface area contributed by atoms with E-state index in [1.807, 2.05) is 55.0 Å². The number of para-hydroxylation sites is 1. The fraction of sp³-hybridized carbons (Fsp3) is 0.0417. The van der Waals surface area contributed by atoms with Crippen molar-refractivity contribution in [1.82, 2.24) is 14.5 Å². The van der Waals surface area contributed by atoms with Crippen molar-refractivity contribution in [1.29, 1.82) is 0 Å². The van der Waals surface area contributed by atoms with Gasteiger partial charge in [-0.2, -0.15) is 0 Å². The van der Waals surface area contributed by atoms with Crippen molar-refractivity contribution in [3.05, 3.63) is 90.9 Å². The molecule has 0 radical (unpaired) electrons. The van der Waals surface area contributed by atoms with Crippen LogP contribution < -0.4 is 5.73 Å². The van der Waals surface area contributed by atoms with E-state index < -0.39 is 0 Å². The van der Waals surface area contributed by atoms with Gasteiger partial charge in [0.25, 0.3) is 0 Å². The van der Waals surface area contributed by atoms with E-state index in [0.717, 1.165) is 38.8 Å². The monoisotopic (exact) mass is 377 g/mol. The molecule has 2 aromatic heterocycles. The highest BCUT2D eigenvalue weighted by Crippen LogP contribution is 2.30. The van der Waals surface area contributed by atoms with Crippen LogP contribution in [0.5, 0.6) is 0 Å². The van der Waals surface area contributed by atoms with E-state index >= 15 is 0 Å². The zero-order valence-electron chi connectivity index (χ0n) is 15.9. The average molecular weight is 377 g/mol. The number of amidine groups is 1. The van der Waals surface area contributed by atoms with Crippen LogP contribution in [0, 0.1) is 0 Å². The summed E-state index contributed by atoms with van der Waals surface area (Å²) in [6, 6.07) is 24.6. The maximum Gasteiger partial charge on any atom is 0.127 e. The van der Waals surface area contributed by atoms with Crippen LogP contribution >= 0.6 is 0 Å². The smallest absolute Gasteiger partial charge is 0.127 e. The summed E-state index contributed by atoms with van der Waals surface area (Å²) in [5.41, 5.74) is 13.1. The lowest BCUT2D eigenvalue weighted by Crippen LogP contribution is -2.16. The molecule has 140 valence electrons. The third kappa shape index (κ3) is 2.84. The minimum Gasteiger partial charge on any atom is -0.383 e. The van der Waals surface area contributed by atoms with Crippen LogP contribution in [0.4, 0.5) is 0 Å². The summed E-state index contributed by atoms with van der Waals surface area (Å²) in [6.07, 6.45) is 3.64. The van der Waals surface area contributed by atoms with Gasteiger partial charge in [-0.15, -0.1) is 0 Å². The summed E-state index contributed by atoms with van der Waals surface area (Å²) in [6.45, 7) is 0. The molecule has 0 saturated heterocycles. The number of hydrogen-bond acceptors (Lipinski definition) is 3. The first-order valence-electron chi connectivity index (χ1n) is 9.39. The Bertz CT molecular complexity index is 1370. The molecule has 0 spiro atoms. The topological polar surface area (TPSA) is 69.1 Å². The third-order valence-electron chi connectivity index (χ3n) is 5.16. The fourth-order valence-electron chi connectivity index (χ4n) is 3.71. The maximum atomic E-state index is 6.16. The lowest BCUT2D eigenvalue weighted by molar-refractivity contribution is 1.09. The average Bonchev–Trinajstić information content (AvgIpc) is 3.23. The van der Waals surface area contributed by atoms with Crippen molar-refractivity contribution < 1.29 is 0 Å². The summed E-state index contributed by atoms with van der Waals surface area (Å²) in [7, 11) is 1.70. The van der Waals surface area contributed by atoms with E-state index in [1.54, 1.807) is 7.05 Å². The van der Waals surface area contributed by atoms with E-state index in [9.17, 15) is 0 Å². The van der Waals surface area contributed by atoms with Gasteiger partial charge in [-0.05, 0) is 35.4 Å². The third-order valence-corrected chi connectivity index (χ3v) is 5.16. The predicted octanol–water partition coefficient (Wildman–Crippen LogP) is 4.58. The summed E-state index contributed by atoms with van der Waals surface area (Å²) < 4.78 is 2.07. The van der Waals surface area contributed by atoms with Crippen molar-refractivity contribution in [2.75, 3.05) is 7.05 Å². The Morgan fingerprint density at radius 1 is 0.862 bits per heavy atom. The van der Waals surface area contributed by atoms with Gasteiger partial charge in [0.1, 0.15) is 17.7 Å². The Kier molecular flexibility index (Phi) is 4.06. The standard InChI is InChI=1S/C24H19N5/c1-26-24(25)18-9-5-6-10-22(18)29-15-28-21-14-27-20-12-11-17(13-19(20)23(21)29)16-7-3-2-4-8-16/h2-15H,1H3,(H2,25,26). The molecule has 0 aliphatic heterocycles. The van der Waals surface area contributed by atoms with Crippen molar-refractivity contribution in [3.8, 4) is 16.8 Å². The second-order valence-corrected chi connectivity index (χ2v) is 6.83. The molecule has 2 N–H and O–H groups in total. The van der Waals surface area contributed by atoms with E-state index in [2.05, 4.69) is 49.9 Å². The number of hydrogen-bond donors (Lipinski definition) is 1. The molecular weight excluding hydrogens is 358 g/mol. The Morgan fingerprint density at radius 3 is 2.48 bits per heavy atom. The van der Waals surface area contributed by atoms with Crippen LogP contribution in [-0.4, -0.2) is 27.4 Å². The van der Waals surface area contributed by atoms with Gasteiger partial charge >= 0.3 is 0 Å². The van der Waals surface area contributed by atoms with Crippen LogP contribution in [-0.2, 0) is 0 Å².